The molecule has 1 spiro atoms. The number of unbranched alkanes of at least 4 members (excludes halogenated alkanes) is 3. The molecule has 9 nitrogen and oxygen atoms in total. The van der Waals surface area contributed by atoms with Crippen LogP contribution in [0.1, 0.15) is 38.5 Å². The maximum atomic E-state index is 13.9. The topological polar surface area (TPSA) is 117 Å². The summed E-state index contributed by atoms with van der Waals surface area (Å²) >= 11 is 0. The van der Waals surface area contributed by atoms with E-state index in [2.05, 4.69) is 10.6 Å². The minimum Gasteiger partial charge on any atom is -0.497 e. The number of carbonyl (C=O) groups excluding carboxylic acids is 3. The summed E-state index contributed by atoms with van der Waals surface area (Å²) in [6.07, 6.45) is 3.83. The van der Waals surface area contributed by atoms with Crippen molar-refractivity contribution in [3.05, 3.63) is 54.6 Å². The summed E-state index contributed by atoms with van der Waals surface area (Å²) < 4.78 is 11.7. The molecule has 3 aliphatic heterocycles. The number of nitrogens with zero attached hydrogens (tertiary/aromatic N) is 1. The van der Waals surface area contributed by atoms with E-state index in [9.17, 15) is 14.4 Å². The minimum absolute atomic E-state index is 0.133. The summed E-state index contributed by atoms with van der Waals surface area (Å²) in [5, 5.41) is 15.0. The van der Waals surface area contributed by atoms with Crippen molar-refractivity contribution in [2.24, 2.45) is 11.8 Å². The van der Waals surface area contributed by atoms with Crippen molar-refractivity contribution in [2.45, 2.75) is 56.3 Å². The molecule has 3 heterocycles. The van der Waals surface area contributed by atoms with Gasteiger partial charge in [0.1, 0.15) is 17.4 Å². The first-order valence-corrected chi connectivity index (χ1v) is 13.4. The quantitative estimate of drug-likeness (QED) is 0.391. The van der Waals surface area contributed by atoms with Gasteiger partial charge in [-0.2, -0.15) is 0 Å². The van der Waals surface area contributed by atoms with Gasteiger partial charge in [0.2, 0.25) is 17.7 Å². The number of carbonyl (C=O) groups is 3. The first-order chi connectivity index (χ1) is 18.5. The van der Waals surface area contributed by atoms with E-state index in [1.165, 1.54) is 0 Å². The lowest BCUT2D eigenvalue weighted by Crippen LogP contribution is -2.53. The molecule has 5 rings (SSSR count). The van der Waals surface area contributed by atoms with E-state index in [-0.39, 0.29) is 24.3 Å². The Labute approximate surface area is 222 Å². The summed E-state index contributed by atoms with van der Waals surface area (Å²) in [4.78, 5) is 42.8. The van der Waals surface area contributed by atoms with Gasteiger partial charge in [-0.05, 0) is 62.1 Å². The van der Waals surface area contributed by atoms with E-state index < -0.39 is 29.6 Å². The Bertz CT molecular complexity index is 1160. The fraction of sp³-hybridized carbons (Fsp3) is 0.483. The fourth-order valence-corrected chi connectivity index (χ4v) is 6.37. The molecule has 2 aromatic rings. The van der Waals surface area contributed by atoms with Crippen LogP contribution in [0.2, 0.25) is 0 Å². The maximum absolute atomic E-state index is 13.9. The van der Waals surface area contributed by atoms with Crippen LogP contribution in [0.5, 0.6) is 5.75 Å². The van der Waals surface area contributed by atoms with Crippen molar-refractivity contribution < 1.29 is 29.0 Å². The van der Waals surface area contributed by atoms with Crippen molar-refractivity contribution in [1.82, 2.24) is 4.90 Å². The molecule has 3 N–H and O–H groups in total. The Morgan fingerprint density at radius 3 is 2.39 bits per heavy atom. The Morgan fingerprint density at radius 1 is 1.00 bits per heavy atom. The van der Waals surface area contributed by atoms with E-state index in [4.69, 9.17) is 14.6 Å². The molecule has 3 saturated heterocycles. The standard InChI is InChI=1S/C29H35N3O6/c1-37-21-13-11-20(12-14-21)31-27(35)25-29-16-15-22(38-29)23(26(34)30-19-9-5-4-6-10-19)24(29)28(36)32(25)17-7-2-3-8-18-33/h4-6,9-14,22-25,33H,2-3,7-8,15-18H2,1H3,(H,30,34)(H,31,35)/t22-,23+,24-,25?,29?/m0/s1. The number of ether oxygens (including phenoxy) is 2. The van der Waals surface area contributed by atoms with Crippen LogP contribution in [-0.4, -0.2) is 65.7 Å². The molecule has 202 valence electrons. The number of methoxy groups -OCH3 is 1. The van der Waals surface area contributed by atoms with Gasteiger partial charge in [-0.15, -0.1) is 0 Å². The zero-order chi connectivity index (χ0) is 26.7. The first kappa shape index (κ1) is 26.2. The van der Waals surface area contributed by atoms with Gasteiger partial charge in [-0.25, -0.2) is 0 Å². The highest BCUT2D eigenvalue weighted by molar-refractivity contribution is 6.05. The van der Waals surface area contributed by atoms with Crippen molar-refractivity contribution in [3.63, 3.8) is 0 Å². The highest BCUT2D eigenvalue weighted by Gasteiger charge is 2.74. The number of nitrogens with one attached hydrogen (secondary N) is 2. The van der Waals surface area contributed by atoms with Crippen LogP contribution in [0.3, 0.4) is 0 Å². The van der Waals surface area contributed by atoms with Crippen LogP contribution in [0.25, 0.3) is 0 Å². The SMILES string of the molecule is COc1ccc(NC(=O)C2N(CCCCCCO)C(=O)[C@@H]3[C@H](C(=O)Nc4ccccc4)[C@@H]4CCC23O4)cc1. The van der Waals surface area contributed by atoms with Gasteiger partial charge in [-0.3, -0.25) is 14.4 Å². The van der Waals surface area contributed by atoms with Gasteiger partial charge in [0.25, 0.3) is 0 Å². The second kappa shape index (κ2) is 11.1. The number of likely N-dealkylation sites (tertiary alicyclic amines) is 1. The molecule has 2 unspecified atom stereocenters. The normalized spacial score (nSPS) is 27.3. The second-order valence-corrected chi connectivity index (χ2v) is 10.3. The van der Waals surface area contributed by atoms with E-state index in [1.807, 2.05) is 30.3 Å². The lowest BCUT2D eigenvalue weighted by Gasteiger charge is -2.33. The molecule has 38 heavy (non-hydrogen) atoms. The van der Waals surface area contributed by atoms with Crippen molar-refractivity contribution in [3.8, 4) is 5.75 Å². The van der Waals surface area contributed by atoms with Gasteiger partial charge >= 0.3 is 0 Å². The summed E-state index contributed by atoms with van der Waals surface area (Å²) in [5.74, 6) is -1.46. The molecule has 3 amide bonds. The van der Waals surface area contributed by atoms with Crippen molar-refractivity contribution >= 4 is 29.1 Å². The number of rotatable bonds is 11. The van der Waals surface area contributed by atoms with Crippen LogP contribution in [0, 0.1) is 11.8 Å². The molecule has 2 aromatic carbocycles. The Morgan fingerprint density at radius 2 is 1.68 bits per heavy atom. The fourth-order valence-electron chi connectivity index (χ4n) is 6.37. The third-order valence-corrected chi connectivity index (χ3v) is 8.06. The molecular formula is C29H35N3O6. The number of hydrogen-bond acceptors (Lipinski definition) is 6. The Balaban J connectivity index is 1.40. The van der Waals surface area contributed by atoms with Crippen LogP contribution in [0.4, 0.5) is 11.4 Å². The molecule has 9 heteroatoms. The number of fused-ring (bicyclic) bond motifs is 1. The van der Waals surface area contributed by atoms with Crippen LogP contribution in [0.15, 0.2) is 54.6 Å². The number of para-hydroxylation sites is 1. The number of hydrogen-bond donors (Lipinski definition) is 3. The molecule has 2 bridgehead atoms. The highest BCUT2D eigenvalue weighted by Crippen LogP contribution is 2.58. The average Bonchev–Trinajstić information content (AvgIpc) is 3.57. The molecule has 0 saturated carbocycles. The Hall–Kier alpha value is -3.43. The number of benzene rings is 2. The van der Waals surface area contributed by atoms with Crippen molar-refractivity contribution in [1.29, 1.82) is 0 Å². The van der Waals surface area contributed by atoms with E-state index in [0.29, 0.717) is 49.4 Å². The smallest absolute Gasteiger partial charge is 0.250 e. The van der Waals surface area contributed by atoms with Gasteiger partial charge < -0.3 is 30.1 Å². The van der Waals surface area contributed by atoms with Gasteiger partial charge in [-0.1, -0.05) is 31.0 Å². The Kier molecular flexibility index (Phi) is 7.67. The van der Waals surface area contributed by atoms with Crippen LogP contribution < -0.4 is 15.4 Å². The lowest BCUT2D eigenvalue weighted by atomic mass is 9.70. The third-order valence-electron chi connectivity index (χ3n) is 8.06. The highest BCUT2D eigenvalue weighted by atomic mass is 16.5. The monoisotopic (exact) mass is 521 g/mol. The molecular weight excluding hydrogens is 486 g/mol. The van der Waals surface area contributed by atoms with Gasteiger partial charge in [0.05, 0.1) is 25.0 Å². The van der Waals surface area contributed by atoms with E-state index in [0.717, 1.165) is 12.8 Å². The van der Waals surface area contributed by atoms with Crippen LogP contribution in [-0.2, 0) is 19.1 Å². The zero-order valence-electron chi connectivity index (χ0n) is 21.6. The maximum Gasteiger partial charge on any atom is 0.250 e. The largest absolute Gasteiger partial charge is 0.497 e. The van der Waals surface area contributed by atoms with Gasteiger partial charge in [0, 0.05) is 24.5 Å². The molecule has 5 atom stereocenters. The van der Waals surface area contributed by atoms with Crippen molar-refractivity contribution in [2.75, 3.05) is 30.9 Å². The number of anilines is 2. The van der Waals surface area contributed by atoms with E-state index >= 15 is 0 Å². The average molecular weight is 522 g/mol. The molecule has 0 aliphatic carbocycles. The number of amides is 3. The first-order valence-electron chi connectivity index (χ1n) is 13.4. The summed E-state index contributed by atoms with van der Waals surface area (Å²) in [6, 6.07) is 15.4. The molecule has 3 aliphatic rings. The zero-order valence-corrected chi connectivity index (χ0v) is 21.6. The lowest BCUT2D eigenvalue weighted by molar-refractivity contribution is -0.139. The summed E-state index contributed by atoms with van der Waals surface area (Å²) in [6.45, 7) is 0.526. The second-order valence-electron chi connectivity index (χ2n) is 10.3. The third kappa shape index (κ3) is 4.76. The van der Waals surface area contributed by atoms with Gasteiger partial charge in [0.15, 0.2) is 0 Å². The molecule has 0 aromatic heterocycles. The summed E-state index contributed by atoms with van der Waals surface area (Å²) in [5.41, 5.74) is 0.216. The van der Waals surface area contributed by atoms with Crippen LogP contribution >= 0.6 is 0 Å². The van der Waals surface area contributed by atoms with E-state index in [1.54, 1.807) is 36.3 Å². The minimum atomic E-state index is -1.04. The predicted octanol–water partition coefficient (Wildman–Crippen LogP) is 3.20. The number of aliphatic hydroxyl groups excluding tert-OH is 1. The molecule has 0 radical (unpaired) electrons. The summed E-state index contributed by atoms with van der Waals surface area (Å²) in [7, 11) is 1.58. The molecule has 3 fully saturated rings. The predicted molar refractivity (Wildman–Crippen MR) is 142 cm³/mol. The number of aliphatic hydroxyl groups is 1.